The van der Waals surface area contributed by atoms with Crippen molar-refractivity contribution in [2.75, 3.05) is 14.1 Å². The Morgan fingerprint density at radius 1 is 1.08 bits per heavy atom. The van der Waals surface area contributed by atoms with Crippen LogP contribution in [0.15, 0.2) is 53.5 Å². The van der Waals surface area contributed by atoms with Gasteiger partial charge in [0.2, 0.25) is 0 Å². The summed E-state index contributed by atoms with van der Waals surface area (Å²) >= 11 is 0. The highest BCUT2D eigenvalue weighted by Gasteiger charge is 2.19. The lowest BCUT2D eigenvalue weighted by molar-refractivity contribution is 0.414. The minimum absolute atomic E-state index is 0.122. The summed E-state index contributed by atoms with van der Waals surface area (Å²) in [6.45, 7) is 0. The molecule has 2 heterocycles. The smallest absolute Gasteiger partial charge is 0.282 e. The molecule has 0 aromatic heterocycles. The molecule has 120 valence electrons. The molecule has 0 bridgehead atoms. The Balaban J connectivity index is 1.79. The molecule has 6 heteroatoms. The first-order valence-electron chi connectivity index (χ1n) is 10.0. The third-order valence-corrected chi connectivity index (χ3v) is 3.81. The number of nitrogens with one attached hydrogen (secondary N) is 1. The number of nitrogens with zero attached hydrogens (tertiary/aromatic N) is 2. The number of hydrogen-bond donors (Lipinski definition) is 1. The topological polar surface area (TPSA) is 69.1 Å². The summed E-state index contributed by atoms with van der Waals surface area (Å²) in [4.78, 5) is 15.8. The molecule has 0 amide bonds. The van der Waals surface area contributed by atoms with Crippen molar-refractivity contribution in [3.8, 4) is 28.4 Å². The standard InChI is InChI=1S/C18H15N3O3/c1-23-12-5-3-11(4-6-12)21-18(22)15-10-19-16-8-7-13(24-2)9-14(16)17(15)20-21/h3-10,19H,1-2H3/i1D3,2D3. The highest BCUT2D eigenvalue weighted by Crippen LogP contribution is 2.29. The average molecular weight is 327 g/mol. The predicted molar refractivity (Wildman–Crippen MR) is 91.4 cm³/mol. The summed E-state index contributed by atoms with van der Waals surface area (Å²) in [7, 11) is -5.18. The number of benzene rings is 2. The SMILES string of the molecule is [2H]C([2H])([2H])Oc1ccc(-n2nc3c4cc(OC([2H])([2H])[2H])ccc4[nH]cc-3c2=O)cc1. The van der Waals surface area contributed by atoms with Crippen LogP contribution in [-0.2, 0) is 0 Å². The van der Waals surface area contributed by atoms with Gasteiger partial charge in [-0.15, -0.1) is 0 Å². The van der Waals surface area contributed by atoms with Gasteiger partial charge in [-0.25, -0.2) is 0 Å². The summed E-state index contributed by atoms with van der Waals surface area (Å²) in [6.07, 6.45) is 1.53. The molecule has 2 aromatic rings. The second-order valence-corrected chi connectivity index (χ2v) is 5.17. The van der Waals surface area contributed by atoms with E-state index in [4.69, 9.17) is 17.7 Å². The number of rotatable bonds is 3. The van der Waals surface area contributed by atoms with Crippen LogP contribution in [0.5, 0.6) is 11.5 Å². The first-order valence-corrected chi connectivity index (χ1v) is 7.03. The van der Waals surface area contributed by atoms with E-state index in [1.54, 1.807) is 6.07 Å². The Kier molecular flexibility index (Phi) is 2.06. The van der Waals surface area contributed by atoms with Gasteiger partial charge in [0.1, 0.15) is 17.2 Å². The Hall–Kier alpha value is -3.28. The zero-order valence-electron chi connectivity index (χ0n) is 18.2. The van der Waals surface area contributed by atoms with Crippen LogP contribution >= 0.6 is 0 Å². The first-order chi connectivity index (χ1) is 14.0. The molecule has 2 aromatic carbocycles. The number of ether oxygens (including phenoxy) is 2. The molecule has 6 nitrogen and oxygen atoms in total. The van der Waals surface area contributed by atoms with Crippen LogP contribution in [-0.4, -0.2) is 28.8 Å². The molecule has 1 N–H and O–H groups in total. The minimum atomic E-state index is -2.60. The highest BCUT2D eigenvalue weighted by molar-refractivity contribution is 5.94. The van der Waals surface area contributed by atoms with Crippen LogP contribution < -0.4 is 15.0 Å². The van der Waals surface area contributed by atoms with Gasteiger partial charge >= 0.3 is 0 Å². The summed E-state index contributed by atoms with van der Waals surface area (Å²) in [5, 5.41) is 4.91. The summed E-state index contributed by atoms with van der Waals surface area (Å²) in [5.41, 5.74) is 1.34. The maximum atomic E-state index is 12.8. The minimum Gasteiger partial charge on any atom is -0.497 e. The van der Waals surface area contributed by atoms with E-state index in [1.165, 1.54) is 47.3 Å². The largest absolute Gasteiger partial charge is 0.497 e. The van der Waals surface area contributed by atoms with E-state index in [0.717, 1.165) is 0 Å². The summed E-state index contributed by atoms with van der Waals surface area (Å²) in [5.74, 6) is 0.254. The molecule has 0 aliphatic carbocycles. The Labute approximate surface area is 146 Å². The number of H-pyrrole nitrogens is 1. The number of pyridine rings is 1. The van der Waals surface area contributed by atoms with Gasteiger partial charge in [-0.3, -0.25) is 4.79 Å². The van der Waals surface area contributed by atoms with Crippen molar-refractivity contribution in [1.82, 2.24) is 14.8 Å². The van der Waals surface area contributed by atoms with E-state index in [-0.39, 0.29) is 11.5 Å². The van der Waals surface area contributed by atoms with Crippen molar-refractivity contribution < 1.29 is 17.7 Å². The quantitative estimate of drug-likeness (QED) is 0.628. The van der Waals surface area contributed by atoms with Crippen LogP contribution in [0.2, 0.25) is 0 Å². The fraction of sp³-hybridized carbons (Fsp3) is 0.111. The van der Waals surface area contributed by atoms with E-state index in [9.17, 15) is 4.79 Å². The molecular weight excluding hydrogens is 306 g/mol. The Morgan fingerprint density at radius 2 is 1.83 bits per heavy atom. The van der Waals surface area contributed by atoms with Gasteiger partial charge in [-0.05, 0) is 42.5 Å². The fourth-order valence-corrected chi connectivity index (χ4v) is 2.63. The zero-order chi connectivity index (χ0) is 21.7. The van der Waals surface area contributed by atoms with Gasteiger partial charge < -0.3 is 14.5 Å². The molecule has 2 aliphatic heterocycles. The summed E-state index contributed by atoms with van der Waals surface area (Å²) in [6, 6.07) is 10.5. The van der Waals surface area contributed by atoms with Gasteiger partial charge in [-0.2, -0.15) is 9.78 Å². The second kappa shape index (κ2) is 5.42. The van der Waals surface area contributed by atoms with Crippen molar-refractivity contribution in [2.45, 2.75) is 0 Å². The third-order valence-electron chi connectivity index (χ3n) is 3.81. The Bertz CT molecular complexity index is 1240. The van der Waals surface area contributed by atoms with Crippen LogP contribution in [0.1, 0.15) is 8.22 Å². The van der Waals surface area contributed by atoms with Gasteiger partial charge in [-0.1, -0.05) is 0 Å². The maximum absolute atomic E-state index is 12.8. The van der Waals surface area contributed by atoms with Crippen molar-refractivity contribution in [3.05, 3.63) is 59.0 Å². The van der Waals surface area contributed by atoms with Crippen LogP contribution in [0.4, 0.5) is 0 Å². The van der Waals surface area contributed by atoms with Crippen molar-refractivity contribution in [3.63, 3.8) is 0 Å². The molecule has 0 spiro atoms. The maximum Gasteiger partial charge on any atom is 0.282 e. The van der Waals surface area contributed by atoms with Crippen LogP contribution in [0, 0.1) is 0 Å². The van der Waals surface area contributed by atoms with Crippen molar-refractivity contribution in [2.24, 2.45) is 0 Å². The molecule has 0 unspecified atom stereocenters. The van der Waals surface area contributed by atoms with E-state index in [2.05, 4.69) is 10.1 Å². The predicted octanol–water partition coefficient (Wildman–Crippen LogP) is 2.84. The van der Waals surface area contributed by atoms with Crippen LogP contribution in [0.3, 0.4) is 0 Å². The lowest BCUT2D eigenvalue weighted by atomic mass is 10.1. The van der Waals surface area contributed by atoms with Crippen molar-refractivity contribution in [1.29, 1.82) is 0 Å². The molecule has 0 fully saturated rings. The molecule has 0 saturated carbocycles. The zero-order valence-corrected chi connectivity index (χ0v) is 12.2. The number of aromatic nitrogens is 3. The first kappa shape index (κ1) is 9.12. The second-order valence-electron chi connectivity index (χ2n) is 5.17. The van der Waals surface area contributed by atoms with Gasteiger partial charge in [0.15, 0.2) is 0 Å². The van der Waals surface area contributed by atoms with Gasteiger partial charge in [0, 0.05) is 17.1 Å². The monoisotopic (exact) mass is 327 g/mol. The molecule has 24 heavy (non-hydrogen) atoms. The third kappa shape index (κ3) is 2.11. The number of methoxy groups -OCH3 is 2. The van der Waals surface area contributed by atoms with Gasteiger partial charge in [0.05, 0.1) is 33.6 Å². The van der Waals surface area contributed by atoms with E-state index < -0.39 is 19.6 Å². The highest BCUT2D eigenvalue weighted by atomic mass is 16.5. The average Bonchev–Trinajstić information content (AvgIpc) is 2.97. The number of aromatic amines is 1. The normalized spacial score (nSPS) is 15.8. The van der Waals surface area contributed by atoms with E-state index in [0.29, 0.717) is 27.8 Å². The number of hydrogen-bond acceptors (Lipinski definition) is 4. The number of fused-ring (bicyclic) bond motifs is 3. The molecule has 4 rings (SSSR count). The molecule has 0 radical (unpaired) electrons. The Morgan fingerprint density at radius 3 is 2.62 bits per heavy atom. The lowest BCUT2D eigenvalue weighted by Crippen LogP contribution is -2.14. The summed E-state index contributed by atoms with van der Waals surface area (Å²) < 4.78 is 54.1. The molecule has 2 aliphatic rings. The molecule has 0 atom stereocenters. The van der Waals surface area contributed by atoms with Crippen molar-refractivity contribution >= 4 is 10.9 Å². The molecular formula is C18H15N3O3. The lowest BCUT2D eigenvalue weighted by Gasteiger charge is -2.05. The molecule has 0 saturated heterocycles. The van der Waals surface area contributed by atoms with Crippen LogP contribution in [0.25, 0.3) is 27.8 Å². The van der Waals surface area contributed by atoms with E-state index >= 15 is 0 Å². The van der Waals surface area contributed by atoms with E-state index in [1.807, 2.05) is 0 Å². The van der Waals surface area contributed by atoms with Gasteiger partial charge in [0.25, 0.3) is 5.56 Å². The fourth-order valence-electron chi connectivity index (χ4n) is 2.63.